The van der Waals surface area contributed by atoms with Crippen molar-refractivity contribution in [1.82, 2.24) is 0 Å². The molecule has 0 spiro atoms. The molecule has 38 heavy (non-hydrogen) atoms. The Morgan fingerprint density at radius 1 is 0.605 bits per heavy atom. The Kier molecular flexibility index (Phi) is 7.82. The number of carbonyl (C=O) groups is 2. The molecular weight excluding hydrogens is 488 g/mol. The van der Waals surface area contributed by atoms with E-state index in [1.54, 1.807) is 18.2 Å². The number of phenolic OH excluding ortho intramolecular Hbond substituents is 1. The molecule has 0 amide bonds. The molecule has 0 saturated carbocycles. The molecule has 0 heterocycles. The molecule has 4 rings (SSSR count). The Balaban J connectivity index is 1.44. The van der Waals surface area contributed by atoms with E-state index in [0.29, 0.717) is 17.2 Å². The van der Waals surface area contributed by atoms with Crippen LogP contribution in [0.4, 0.5) is 0 Å². The number of benzene rings is 4. The Morgan fingerprint density at radius 3 is 1.82 bits per heavy atom. The van der Waals surface area contributed by atoms with Crippen LogP contribution in [0.2, 0.25) is 0 Å². The summed E-state index contributed by atoms with van der Waals surface area (Å²) >= 11 is 0. The summed E-state index contributed by atoms with van der Waals surface area (Å²) in [6.07, 6.45) is 0. The number of methoxy groups -OCH3 is 3. The molecule has 0 aliphatic heterocycles. The minimum absolute atomic E-state index is 0.153. The highest BCUT2D eigenvalue weighted by Crippen LogP contribution is 2.35. The van der Waals surface area contributed by atoms with E-state index in [1.807, 2.05) is 31.2 Å². The van der Waals surface area contributed by atoms with E-state index in [1.165, 1.54) is 57.7 Å². The monoisotopic (exact) mass is 514 g/mol. The fourth-order valence-electron chi connectivity index (χ4n) is 3.77. The third kappa shape index (κ3) is 5.70. The standard InChI is InChI=1S/C30H26O8/c1-18-15-21(19-5-10-22(31)11-6-19)9-14-25(18)38-29(32)20-7-12-23(13-8-20)37-30(33)24-16-27(35-3)28(36-4)17-26(24)34-2/h5-17,31H,1-4H3. The molecule has 8 nitrogen and oxygen atoms in total. The van der Waals surface area contributed by atoms with Gasteiger partial charge in [-0.15, -0.1) is 0 Å². The molecular formula is C30H26O8. The molecule has 4 aromatic carbocycles. The summed E-state index contributed by atoms with van der Waals surface area (Å²) in [4.78, 5) is 25.5. The summed E-state index contributed by atoms with van der Waals surface area (Å²) in [7, 11) is 4.37. The van der Waals surface area contributed by atoms with Crippen molar-refractivity contribution in [2.24, 2.45) is 0 Å². The van der Waals surface area contributed by atoms with Crippen molar-refractivity contribution in [2.45, 2.75) is 6.92 Å². The number of aryl methyl sites for hydroxylation is 1. The van der Waals surface area contributed by atoms with Gasteiger partial charge in [-0.2, -0.15) is 0 Å². The maximum atomic E-state index is 12.8. The van der Waals surface area contributed by atoms with E-state index in [4.69, 9.17) is 23.7 Å². The Labute approximate surface area is 219 Å². The van der Waals surface area contributed by atoms with Crippen molar-refractivity contribution in [3.63, 3.8) is 0 Å². The molecule has 194 valence electrons. The SMILES string of the molecule is COc1cc(OC)c(C(=O)Oc2ccc(C(=O)Oc3ccc(-c4ccc(O)cc4)cc3C)cc2)cc1OC. The number of hydrogen-bond acceptors (Lipinski definition) is 8. The number of aromatic hydroxyl groups is 1. The van der Waals surface area contributed by atoms with Crippen LogP contribution in [-0.4, -0.2) is 38.4 Å². The first-order valence-corrected chi connectivity index (χ1v) is 11.6. The van der Waals surface area contributed by atoms with Crippen LogP contribution in [0.3, 0.4) is 0 Å². The highest BCUT2D eigenvalue weighted by molar-refractivity contribution is 5.95. The lowest BCUT2D eigenvalue weighted by Crippen LogP contribution is -2.12. The van der Waals surface area contributed by atoms with Gasteiger partial charge in [0.2, 0.25) is 0 Å². The second kappa shape index (κ2) is 11.4. The predicted octanol–water partition coefficient (Wildman–Crippen LogP) is 5.83. The van der Waals surface area contributed by atoms with Crippen molar-refractivity contribution in [3.05, 3.63) is 95.6 Å². The quantitative estimate of drug-likeness (QED) is 0.232. The molecule has 0 unspecified atom stereocenters. The lowest BCUT2D eigenvalue weighted by Gasteiger charge is -2.13. The molecule has 8 heteroatoms. The summed E-state index contributed by atoms with van der Waals surface area (Å²) in [5, 5.41) is 9.48. The van der Waals surface area contributed by atoms with Gasteiger partial charge in [0.15, 0.2) is 11.5 Å². The molecule has 0 atom stereocenters. The Morgan fingerprint density at radius 2 is 1.21 bits per heavy atom. The zero-order valence-electron chi connectivity index (χ0n) is 21.3. The van der Waals surface area contributed by atoms with Crippen LogP contribution in [0.5, 0.6) is 34.5 Å². The second-order valence-corrected chi connectivity index (χ2v) is 8.24. The van der Waals surface area contributed by atoms with Gasteiger partial charge in [0.25, 0.3) is 0 Å². The van der Waals surface area contributed by atoms with Crippen molar-refractivity contribution in [3.8, 4) is 45.6 Å². The highest BCUT2D eigenvalue weighted by Gasteiger charge is 2.20. The molecule has 0 bridgehead atoms. The molecule has 4 aromatic rings. The van der Waals surface area contributed by atoms with Crippen LogP contribution in [0.1, 0.15) is 26.3 Å². The maximum absolute atomic E-state index is 12.8. The van der Waals surface area contributed by atoms with Crippen LogP contribution >= 0.6 is 0 Å². The van der Waals surface area contributed by atoms with Crippen molar-refractivity contribution in [2.75, 3.05) is 21.3 Å². The van der Waals surface area contributed by atoms with Gasteiger partial charge in [0.05, 0.1) is 26.9 Å². The van der Waals surface area contributed by atoms with E-state index in [0.717, 1.165) is 16.7 Å². The van der Waals surface area contributed by atoms with Gasteiger partial charge in [-0.05, 0) is 72.1 Å². The largest absolute Gasteiger partial charge is 0.508 e. The number of esters is 2. The van der Waals surface area contributed by atoms with Crippen LogP contribution in [0.15, 0.2) is 78.9 Å². The van der Waals surface area contributed by atoms with Gasteiger partial charge in [-0.25, -0.2) is 9.59 Å². The third-order valence-corrected chi connectivity index (χ3v) is 5.80. The van der Waals surface area contributed by atoms with Crippen LogP contribution in [-0.2, 0) is 0 Å². The zero-order valence-corrected chi connectivity index (χ0v) is 21.3. The highest BCUT2D eigenvalue weighted by atomic mass is 16.5. The molecule has 1 N–H and O–H groups in total. The molecule has 0 aliphatic carbocycles. The van der Waals surface area contributed by atoms with E-state index >= 15 is 0 Å². The van der Waals surface area contributed by atoms with Crippen LogP contribution < -0.4 is 23.7 Å². The average Bonchev–Trinajstić information content (AvgIpc) is 2.94. The predicted molar refractivity (Wildman–Crippen MR) is 141 cm³/mol. The maximum Gasteiger partial charge on any atom is 0.347 e. The van der Waals surface area contributed by atoms with Gasteiger partial charge in [0.1, 0.15) is 28.6 Å². The lowest BCUT2D eigenvalue weighted by atomic mass is 10.0. The fourth-order valence-corrected chi connectivity index (χ4v) is 3.77. The number of ether oxygens (including phenoxy) is 5. The Bertz CT molecular complexity index is 1460. The lowest BCUT2D eigenvalue weighted by molar-refractivity contribution is 0.0727. The third-order valence-electron chi connectivity index (χ3n) is 5.80. The number of hydrogen-bond donors (Lipinski definition) is 1. The van der Waals surface area contributed by atoms with Crippen LogP contribution in [0, 0.1) is 6.92 Å². The van der Waals surface area contributed by atoms with Gasteiger partial charge in [-0.3, -0.25) is 0 Å². The number of phenols is 1. The smallest absolute Gasteiger partial charge is 0.347 e. The number of carbonyl (C=O) groups excluding carboxylic acids is 2. The van der Waals surface area contributed by atoms with Gasteiger partial charge in [-0.1, -0.05) is 18.2 Å². The zero-order chi connectivity index (χ0) is 27.2. The van der Waals surface area contributed by atoms with Gasteiger partial charge in [0, 0.05) is 12.1 Å². The first-order chi connectivity index (χ1) is 18.3. The summed E-state index contributed by atoms with van der Waals surface area (Å²) < 4.78 is 26.8. The normalized spacial score (nSPS) is 10.4. The van der Waals surface area contributed by atoms with Gasteiger partial charge < -0.3 is 28.8 Å². The van der Waals surface area contributed by atoms with E-state index in [-0.39, 0.29) is 28.4 Å². The average molecular weight is 515 g/mol. The van der Waals surface area contributed by atoms with Crippen LogP contribution in [0.25, 0.3) is 11.1 Å². The first kappa shape index (κ1) is 26.1. The number of rotatable bonds is 8. The summed E-state index contributed by atoms with van der Waals surface area (Å²) in [5.41, 5.74) is 3.08. The summed E-state index contributed by atoms with van der Waals surface area (Å²) in [6.45, 7) is 1.84. The summed E-state index contributed by atoms with van der Waals surface area (Å²) in [6, 6.07) is 21.4. The van der Waals surface area contributed by atoms with E-state index in [9.17, 15) is 14.7 Å². The van der Waals surface area contributed by atoms with E-state index in [2.05, 4.69) is 0 Å². The Hall–Kier alpha value is -4.98. The second-order valence-electron chi connectivity index (χ2n) is 8.24. The van der Waals surface area contributed by atoms with E-state index < -0.39 is 11.9 Å². The molecule has 0 saturated heterocycles. The minimum Gasteiger partial charge on any atom is -0.508 e. The minimum atomic E-state index is -0.664. The molecule has 0 aromatic heterocycles. The van der Waals surface area contributed by atoms with Gasteiger partial charge >= 0.3 is 11.9 Å². The topological polar surface area (TPSA) is 101 Å². The summed E-state index contributed by atoms with van der Waals surface area (Å²) in [5.74, 6) is 0.662. The molecule has 0 fully saturated rings. The van der Waals surface area contributed by atoms with Crippen molar-refractivity contribution in [1.29, 1.82) is 0 Å². The first-order valence-electron chi connectivity index (χ1n) is 11.6. The molecule has 0 aliphatic rings. The van der Waals surface area contributed by atoms with Crippen molar-refractivity contribution >= 4 is 11.9 Å². The molecule has 0 radical (unpaired) electrons. The van der Waals surface area contributed by atoms with Crippen molar-refractivity contribution < 1.29 is 38.4 Å². The fraction of sp³-hybridized carbons (Fsp3) is 0.133.